The van der Waals surface area contributed by atoms with Gasteiger partial charge in [0.15, 0.2) is 12.2 Å². The molecule has 0 saturated heterocycles. The lowest BCUT2D eigenvalue weighted by molar-refractivity contribution is -0.161. The lowest BCUT2D eigenvalue weighted by Gasteiger charge is -2.21. The predicted molar refractivity (Wildman–Crippen MR) is 391 cm³/mol. The monoisotopic (exact) mass is 1410 g/mol. The molecule has 0 aliphatic heterocycles. The van der Waals surface area contributed by atoms with Gasteiger partial charge in [0.05, 0.1) is 26.4 Å². The van der Waals surface area contributed by atoms with Crippen molar-refractivity contribution in [2.45, 2.75) is 414 Å². The van der Waals surface area contributed by atoms with Crippen LogP contribution in [0.4, 0.5) is 0 Å². The van der Waals surface area contributed by atoms with Gasteiger partial charge in [-0.2, -0.15) is 0 Å². The molecule has 0 aromatic heterocycles. The molecule has 0 heterocycles. The highest BCUT2D eigenvalue weighted by Gasteiger charge is 2.30. The Hall–Kier alpha value is -1.94. The van der Waals surface area contributed by atoms with E-state index in [0.29, 0.717) is 25.7 Å². The lowest BCUT2D eigenvalue weighted by Crippen LogP contribution is -2.30. The van der Waals surface area contributed by atoms with E-state index in [-0.39, 0.29) is 25.7 Å². The molecule has 3 unspecified atom stereocenters. The summed E-state index contributed by atoms with van der Waals surface area (Å²) >= 11 is 0. The van der Waals surface area contributed by atoms with E-state index in [1.54, 1.807) is 0 Å². The molecule has 3 N–H and O–H groups in total. The van der Waals surface area contributed by atoms with E-state index < -0.39 is 97.5 Å². The van der Waals surface area contributed by atoms with Crippen LogP contribution >= 0.6 is 15.6 Å². The molecule has 0 rings (SSSR count). The van der Waals surface area contributed by atoms with Crippen LogP contribution in [0.5, 0.6) is 0 Å². The van der Waals surface area contributed by atoms with Gasteiger partial charge in [-0.3, -0.25) is 37.3 Å². The first-order chi connectivity index (χ1) is 46.3. The van der Waals surface area contributed by atoms with Crippen LogP contribution in [0.1, 0.15) is 395 Å². The van der Waals surface area contributed by atoms with Gasteiger partial charge >= 0.3 is 39.5 Å². The third-order valence-corrected chi connectivity index (χ3v) is 20.1. The lowest BCUT2D eigenvalue weighted by atomic mass is 10.00. The van der Waals surface area contributed by atoms with Crippen LogP contribution < -0.4 is 0 Å². The third-order valence-electron chi connectivity index (χ3n) is 18.2. The van der Waals surface area contributed by atoms with E-state index in [0.717, 1.165) is 114 Å². The van der Waals surface area contributed by atoms with Gasteiger partial charge in [-0.05, 0) is 43.4 Å². The molecule has 0 aromatic carbocycles. The largest absolute Gasteiger partial charge is 0.472 e. The normalized spacial score (nSPS) is 14.3. The Bertz CT molecular complexity index is 1870. The van der Waals surface area contributed by atoms with Crippen LogP contribution in [-0.2, 0) is 65.4 Å². The fraction of sp³-hybridized carbons (Fsp3) is 0.948. The molecular weight excluding hydrogens is 1260 g/mol. The minimum atomic E-state index is -4.96. The Morgan fingerprint density at radius 2 is 0.531 bits per heavy atom. The van der Waals surface area contributed by atoms with Gasteiger partial charge in [0, 0.05) is 25.7 Å². The molecule has 0 fully saturated rings. The first-order valence-corrected chi connectivity index (χ1v) is 42.9. The highest BCUT2D eigenvalue weighted by molar-refractivity contribution is 7.47. The molecule has 6 atom stereocenters. The minimum Gasteiger partial charge on any atom is -0.462 e. The second kappa shape index (κ2) is 67.5. The second-order valence-corrected chi connectivity index (χ2v) is 31.8. The summed E-state index contributed by atoms with van der Waals surface area (Å²) in [6.07, 6.45) is 54.0. The highest BCUT2D eigenvalue weighted by atomic mass is 31.2. The number of phosphoric ester groups is 2. The molecule has 0 bridgehead atoms. The molecule has 19 heteroatoms. The van der Waals surface area contributed by atoms with Crippen LogP contribution in [0.2, 0.25) is 0 Å². The summed E-state index contributed by atoms with van der Waals surface area (Å²) in [6.45, 7) is 11.9. The second-order valence-electron chi connectivity index (χ2n) is 28.9. The van der Waals surface area contributed by atoms with Crippen molar-refractivity contribution in [1.29, 1.82) is 0 Å². The van der Waals surface area contributed by atoms with Gasteiger partial charge in [0.25, 0.3) is 0 Å². The van der Waals surface area contributed by atoms with Crippen molar-refractivity contribution in [3.8, 4) is 0 Å². The van der Waals surface area contributed by atoms with Crippen molar-refractivity contribution in [1.82, 2.24) is 0 Å². The number of ether oxygens (including phenoxy) is 4. The number of hydrogen-bond donors (Lipinski definition) is 3. The number of carbonyl (C=O) groups excluding carboxylic acids is 4. The smallest absolute Gasteiger partial charge is 0.462 e. The van der Waals surface area contributed by atoms with Crippen LogP contribution in [0.3, 0.4) is 0 Å². The standard InChI is InChI=1S/C77H150O17P2/c1-8-10-11-12-13-14-15-16-21-26-32-37-46-53-60-77(82)94-73(65-88-75(80)59-52-45-40-39-43-50-57-70(7)9-2)67-92-96(85,86)90-63-71(78)62-89-95(83,84)91-66-72(64-87-74(79)58-51-44-36-31-28-23-25-30-35-42-49-56-69(5)6)93-76(81)61-54-47-38-33-27-22-19-17-18-20-24-29-34-41-48-55-68(3)4/h68-73,78H,8-67H2,1-7H3,(H,83,84)(H,85,86)/t70?,71-,72-,73-/m1/s1. The maximum atomic E-state index is 13.1. The van der Waals surface area contributed by atoms with E-state index in [1.807, 2.05) is 0 Å². The van der Waals surface area contributed by atoms with Gasteiger partial charge in [0.2, 0.25) is 0 Å². The van der Waals surface area contributed by atoms with Crippen LogP contribution in [0.25, 0.3) is 0 Å². The number of carbonyl (C=O) groups is 4. The van der Waals surface area contributed by atoms with E-state index in [2.05, 4.69) is 48.5 Å². The molecule has 17 nitrogen and oxygen atoms in total. The van der Waals surface area contributed by atoms with Gasteiger partial charge in [-0.25, -0.2) is 9.13 Å². The molecule has 0 aliphatic rings. The quantitative estimate of drug-likeness (QED) is 0.0222. The number of unbranched alkanes of at least 4 members (excludes halogenated alkanes) is 42. The average Bonchev–Trinajstić information content (AvgIpc) is 1.32. The zero-order valence-corrected chi connectivity index (χ0v) is 64.6. The SMILES string of the molecule is CCCCCCCCCCCCCCCCC(=O)O[C@H](COC(=O)CCCCCCCCC(C)CC)COP(=O)(O)OC[C@H](O)COP(=O)(O)OC[C@@H](COC(=O)CCCCCCCCCCCCCC(C)C)OC(=O)CCCCCCCCCCCCCCCCCC(C)C. The molecule has 0 aromatic rings. The molecule has 96 heavy (non-hydrogen) atoms. The number of phosphoric acid groups is 2. The summed E-state index contributed by atoms with van der Waals surface area (Å²) in [7, 11) is -9.91. The van der Waals surface area contributed by atoms with Crippen LogP contribution in [0.15, 0.2) is 0 Å². The van der Waals surface area contributed by atoms with E-state index in [1.165, 1.54) is 199 Å². The molecule has 0 radical (unpaired) electrons. The Balaban J connectivity index is 5.25. The Morgan fingerprint density at radius 1 is 0.302 bits per heavy atom. The molecule has 0 aliphatic carbocycles. The van der Waals surface area contributed by atoms with Crippen molar-refractivity contribution in [2.75, 3.05) is 39.6 Å². The van der Waals surface area contributed by atoms with Crippen molar-refractivity contribution in [2.24, 2.45) is 17.8 Å². The van der Waals surface area contributed by atoms with Gasteiger partial charge in [0.1, 0.15) is 19.3 Å². The average molecular weight is 1410 g/mol. The first kappa shape index (κ1) is 94.1. The summed E-state index contributed by atoms with van der Waals surface area (Å²) < 4.78 is 68.6. The first-order valence-electron chi connectivity index (χ1n) is 39.9. The zero-order valence-electron chi connectivity index (χ0n) is 62.8. The number of aliphatic hydroxyl groups is 1. The summed E-state index contributed by atoms with van der Waals surface area (Å²) in [5, 5.41) is 10.6. The Labute approximate surface area is 588 Å². The fourth-order valence-corrected chi connectivity index (χ4v) is 13.3. The maximum absolute atomic E-state index is 13.1. The molecule has 0 amide bonds. The number of rotatable bonds is 75. The summed E-state index contributed by atoms with van der Waals surface area (Å²) in [5.74, 6) is 0.189. The van der Waals surface area contributed by atoms with Crippen molar-refractivity contribution in [3.05, 3.63) is 0 Å². The number of aliphatic hydroxyl groups excluding tert-OH is 1. The van der Waals surface area contributed by atoms with Crippen LogP contribution in [-0.4, -0.2) is 96.7 Å². The molecule has 0 saturated carbocycles. The molecular formula is C77H150O17P2. The van der Waals surface area contributed by atoms with E-state index >= 15 is 0 Å². The Kier molecular flexibility index (Phi) is 66.2. The highest BCUT2D eigenvalue weighted by Crippen LogP contribution is 2.45. The van der Waals surface area contributed by atoms with Crippen molar-refractivity contribution in [3.63, 3.8) is 0 Å². The van der Waals surface area contributed by atoms with Gasteiger partial charge < -0.3 is 33.8 Å². The summed E-state index contributed by atoms with van der Waals surface area (Å²) in [5.41, 5.74) is 0. The maximum Gasteiger partial charge on any atom is 0.472 e. The summed E-state index contributed by atoms with van der Waals surface area (Å²) in [4.78, 5) is 72.9. The van der Waals surface area contributed by atoms with E-state index in [4.69, 9.17) is 37.0 Å². The Morgan fingerprint density at radius 3 is 0.792 bits per heavy atom. The van der Waals surface area contributed by atoms with Gasteiger partial charge in [-0.1, -0.05) is 344 Å². The van der Waals surface area contributed by atoms with Crippen molar-refractivity contribution < 1.29 is 80.2 Å². The topological polar surface area (TPSA) is 237 Å². The minimum absolute atomic E-state index is 0.107. The van der Waals surface area contributed by atoms with Gasteiger partial charge in [-0.15, -0.1) is 0 Å². The summed E-state index contributed by atoms with van der Waals surface area (Å²) in [6, 6.07) is 0. The number of hydrogen-bond acceptors (Lipinski definition) is 15. The van der Waals surface area contributed by atoms with E-state index in [9.17, 15) is 43.2 Å². The van der Waals surface area contributed by atoms with Crippen LogP contribution in [0, 0.1) is 17.8 Å². The predicted octanol–water partition coefficient (Wildman–Crippen LogP) is 22.6. The van der Waals surface area contributed by atoms with Crippen molar-refractivity contribution >= 4 is 39.5 Å². The molecule has 0 spiro atoms. The fourth-order valence-electron chi connectivity index (χ4n) is 11.7. The molecule has 570 valence electrons. The number of esters is 4. The zero-order chi connectivity index (χ0) is 70.9. The third kappa shape index (κ3) is 69.2.